The molecular weight excluding hydrogens is 1320 g/mol. The number of anilines is 5. The second kappa shape index (κ2) is 33.1. The lowest BCUT2D eigenvalue weighted by Crippen LogP contribution is -2.36. The van der Waals surface area contributed by atoms with Gasteiger partial charge in [-0.05, 0) is 12.0 Å². The number of nitrogens with zero attached hydrogens (tertiary/aromatic N) is 10. The maximum atomic E-state index is 13.2. The predicted octanol–water partition coefficient (Wildman–Crippen LogP) is -10.5. The number of hydrogen-bond donors (Lipinski definition) is 20. The Morgan fingerprint density at radius 1 is 0.449 bits per heavy atom. The summed E-state index contributed by atoms with van der Waals surface area (Å²) < 4.78 is 49.0. The number of terminal acetylenes is 1. The molecule has 42 heteroatoms. The molecule has 0 unspecified atom stereocenters. The summed E-state index contributed by atoms with van der Waals surface area (Å²) in [4.78, 5) is 76.4. The second-order valence-corrected chi connectivity index (χ2v) is 21.9. The van der Waals surface area contributed by atoms with Gasteiger partial charge in [0, 0.05) is 29.7 Å². The zero-order valence-corrected chi connectivity index (χ0v) is 51.6. The van der Waals surface area contributed by atoms with E-state index < -0.39 is 196 Å². The van der Waals surface area contributed by atoms with E-state index in [1.165, 1.54) is 31.9 Å². The van der Waals surface area contributed by atoms with Crippen molar-refractivity contribution < 1.29 is 109 Å². The maximum Gasteiger partial charge on any atom is 0.351 e. The van der Waals surface area contributed by atoms with Crippen LogP contribution in [0, 0.1) is 18.2 Å². The summed E-state index contributed by atoms with van der Waals surface area (Å²) in [6.07, 6.45) is -12.5. The summed E-state index contributed by atoms with van der Waals surface area (Å²) in [6, 6.07) is 9.08. The molecule has 0 bridgehead atoms. The van der Waals surface area contributed by atoms with Crippen molar-refractivity contribution in [2.45, 2.75) is 136 Å². The van der Waals surface area contributed by atoms with Crippen LogP contribution in [-0.4, -0.2) is 256 Å². The Labute approximate surface area is 549 Å². The van der Waals surface area contributed by atoms with Gasteiger partial charge >= 0.3 is 28.4 Å². The molecule has 11 rings (SSSR count). The first kappa shape index (κ1) is 76.5. The number of ether oxygens (including phenoxy) is 6. The number of aliphatic hydroxyl groups excluding tert-OH is 15. The van der Waals surface area contributed by atoms with Crippen molar-refractivity contribution in [1.82, 2.24) is 47.8 Å². The molecule has 41 nitrogen and oxygen atoms in total. The zero-order valence-electron chi connectivity index (χ0n) is 51.6. The number of aliphatic hydroxyl groups is 15. The molecule has 0 aliphatic carbocycles. The highest BCUT2D eigenvalue weighted by Gasteiger charge is 2.48. The van der Waals surface area contributed by atoms with Gasteiger partial charge in [0.15, 0.2) is 54.3 Å². The van der Waals surface area contributed by atoms with Crippen LogP contribution < -0.4 is 61.9 Å². The SMILES string of the molecule is C#Cc1cn([C@@H]2O[C@H](CO)[C@@H](O)[C@H]2O)c(=O)nc1N.CCc1cn([C@@H]2O[C@H](CO)[C@@H](O)[C@H]2O)c(=O)nc1N.COc1cn([C@@H]2O[C@H](CO)[C@@H](O)[C@H]2O)c(=O)nc1N.Nc1nc(=O)n([C@@H]2O[C@H](CO)[C@@H](O)[C@H]2O)cc1-c1ccccc1.Nc1nc(=O)n([C@@H]2O[C@H](CO)[C@@H](O)[C@H]2O)cc1F. The number of hydrogen-bond acceptors (Lipinski definition) is 36. The molecule has 5 aliphatic heterocycles. The molecule has 98 heavy (non-hydrogen) atoms. The van der Waals surface area contributed by atoms with Gasteiger partial charge in [-0.2, -0.15) is 24.9 Å². The Morgan fingerprint density at radius 2 is 0.765 bits per heavy atom. The lowest BCUT2D eigenvalue weighted by Gasteiger charge is -2.18. The van der Waals surface area contributed by atoms with E-state index in [1.807, 2.05) is 25.1 Å². The predicted molar refractivity (Wildman–Crippen MR) is 329 cm³/mol. The van der Waals surface area contributed by atoms with Crippen LogP contribution in [0.2, 0.25) is 0 Å². The number of aromatic nitrogens is 10. The molecule has 1 aromatic carbocycles. The summed E-state index contributed by atoms with van der Waals surface area (Å²) in [5, 5.41) is 143. The van der Waals surface area contributed by atoms with Crippen molar-refractivity contribution in [3.05, 3.63) is 131 Å². The minimum atomic E-state index is -1.48. The Balaban J connectivity index is 0.000000173. The van der Waals surface area contributed by atoms with E-state index in [2.05, 4.69) is 30.8 Å². The van der Waals surface area contributed by atoms with Crippen molar-refractivity contribution in [2.24, 2.45) is 0 Å². The number of nitrogen functional groups attached to an aromatic ring is 5. The van der Waals surface area contributed by atoms with E-state index in [9.17, 15) is 79.4 Å². The summed E-state index contributed by atoms with van der Waals surface area (Å²) in [5.74, 6) is 0.865. The van der Waals surface area contributed by atoms with Crippen LogP contribution >= 0.6 is 0 Å². The Kier molecular flexibility index (Phi) is 25.8. The number of halogens is 1. The van der Waals surface area contributed by atoms with Crippen LogP contribution in [0.15, 0.2) is 85.3 Å². The monoisotopic (exact) mass is 1390 g/mol. The molecule has 536 valence electrons. The third kappa shape index (κ3) is 16.3. The van der Waals surface area contributed by atoms with E-state index in [0.29, 0.717) is 22.1 Å². The molecule has 5 fully saturated rings. The summed E-state index contributed by atoms with van der Waals surface area (Å²) in [5.41, 5.74) is 25.7. The average molecular weight is 1390 g/mol. The van der Waals surface area contributed by atoms with Crippen LogP contribution in [0.25, 0.3) is 11.1 Å². The van der Waals surface area contributed by atoms with Crippen LogP contribution in [0.1, 0.15) is 49.2 Å². The lowest BCUT2D eigenvalue weighted by atomic mass is 10.1. The van der Waals surface area contributed by atoms with Gasteiger partial charge in [-0.25, -0.2) is 28.4 Å². The molecule has 6 aromatic rings. The minimum absolute atomic E-state index is 0.0594. The van der Waals surface area contributed by atoms with E-state index in [1.54, 1.807) is 12.1 Å². The van der Waals surface area contributed by atoms with Crippen LogP contribution in [0.4, 0.5) is 33.5 Å². The summed E-state index contributed by atoms with van der Waals surface area (Å²) in [7, 11) is 1.35. The van der Waals surface area contributed by atoms with Gasteiger partial charge in [0.1, 0.15) is 109 Å². The first-order valence-electron chi connectivity index (χ1n) is 29.2. The quantitative estimate of drug-likeness (QED) is 0.0478. The highest BCUT2D eigenvalue weighted by atomic mass is 19.1. The van der Waals surface area contributed by atoms with Gasteiger partial charge in [-0.15, -0.1) is 6.42 Å². The fourth-order valence-corrected chi connectivity index (χ4v) is 10.2. The van der Waals surface area contributed by atoms with Gasteiger partial charge in [0.2, 0.25) is 0 Å². The van der Waals surface area contributed by atoms with E-state index in [4.69, 9.17) is 89.0 Å². The molecule has 0 radical (unpaired) electrons. The highest BCUT2D eigenvalue weighted by molar-refractivity contribution is 5.72. The number of benzene rings is 1. The largest absolute Gasteiger partial charge is 0.491 e. The average Bonchev–Trinajstić information content (AvgIpc) is 1.61. The number of aryl methyl sites for hydroxylation is 1. The molecule has 5 saturated heterocycles. The second-order valence-electron chi connectivity index (χ2n) is 21.9. The molecule has 25 N–H and O–H groups in total. The van der Waals surface area contributed by atoms with Gasteiger partial charge in [-0.3, -0.25) is 22.8 Å². The molecule has 10 heterocycles. The smallest absolute Gasteiger partial charge is 0.351 e. The van der Waals surface area contributed by atoms with E-state index in [-0.39, 0.29) is 34.6 Å². The van der Waals surface area contributed by atoms with E-state index >= 15 is 0 Å². The maximum absolute atomic E-state index is 13.2. The van der Waals surface area contributed by atoms with Crippen molar-refractivity contribution in [3.8, 4) is 29.2 Å². The van der Waals surface area contributed by atoms with Gasteiger partial charge < -0.3 is 134 Å². The van der Waals surface area contributed by atoms with Crippen LogP contribution in [0.3, 0.4) is 0 Å². The Morgan fingerprint density at radius 3 is 1.11 bits per heavy atom. The van der Waals surface area contributed by atoms with Crippen LogP contribution in [0.5, 0.6) is 5.75 Å². The van der Waals surface area contributed by atoms with E-state index in [0.717, 1.165) is 30.0 Å². The highest BCUT2D eigenvalue weighted by Crippen LogP contribution is 2.34. The van der Waals surface area contributed by atoms with Gasteiger partial charge in [-0.1, -0.05) is 43.2 Å². The molecule has 5 aromatic heterocycles. The van der Waals surface area contributed by atoms with Gasteiger partial charge in [0.25, 0.3) is 0 Å². The first-order valence-corrected chi connectivity index (χ1v) is 29.2. The van der Waals surface area contributed by atoms with Gasteiger partial charge in [0.05, 0.1) is 58.1 Å². The van der Waals surface area contributed by atoms with Crippen molar-refractivity contribution >= 4 is 29.1 Å². The van der Waals surface area contributed by atoms with Crippen molar-refractivity contribution in [3.63, 3.8) is 0 Å². The molecule has 0 spiro atoms. The van der Waals surface area contributed by atoms with Crippen molar-refractivity contribution in [2.75, 3.05) is 68.8 Å². The fourth-order valence-electron chi connectivity index (χ4n) is 10.2. The minimum Gasteiger partial charge on any atom is -0.491 e. The summed E-state index contributed by atoms with van der Waals surface area (Å²) in [6.45, 7) is -0.603. The summed E-state index contributed by atoms with van der Waals surface area (Å²) >= 11 is 0. The normalized spacial score (nSPS) is 30.0. The first-order chi connectivity index (χ1) is 46.4. The zero-order chi connectivity index (χ0) is 72.5. The number of rotatable bonds is 13. The topological polar surface area (TPSA) is 663 Å². The molecule has 0 amide bonds. The van der Waals surface area contributed by atoms with Crippen molar-refractivity contribution in [1.29, 1.82) is 0 Å². The molecule has 0 saturated carbocycles. The molecular formula is C56H74FN15O26. The molecule has 5 aliphatic rings. The fraction of sp³-hybridized carbons (Fsp3) is 0.500. The number of nitrogens with two attached hydrogens (primary N) is 5. The third-order valence-corrected chi connectivity index (χ3v) is 15.7. The van der Waals surface area contributed by atoms with Crippen LogP contribution in [-0.2, 0) is 30.1 Å². The standard InChI is InChI=1S/C15H17N3O5.C11H17N3O5.C11H13N3O5.C10H15N3O6.C9H12FN3O5/c16-13-9(8-4-2-1-3-5-8)6-18(15(22)17-13)14-12(21)11(20)10(7-19)23-14;2*1-2-5-3-14(11(18)13-9(5)12)10-8(17)7(16)6(4-15)19-10;1-18-4-2-13(10(17)12-8(4)11)9-7(16)6(15)5(3-14)19-9;10-3-1-13(9(17)12-7(3)11)8-6(16)5(15)4(2-14)18-8/h1-6,10-12,14,19-21H,7H2,(H2,16,17,22);3,6-8,10,15-17H,2,4H2,1H3,(H2,12,13,18);1,3,6-8,10,15-17H,4H2,(H2,12,13,18);2,5-7,9,14-16H,3H2,1H3,(H2,11,12,17);1,4-6,8,14-16H,2H2,(H2,11,12,17)/t10-,11-,12-,14-;2*6-,7-,8-,10-;5-,6-,7-,9-;4-,5-,6-,8-/m11111/s1. The lowest BCUT2D eigenvalue weighted by molar-refractivity contribution is -0.0553. The Hall–Kier alpha value is -8.89. The molecule has 20 atom stereocenters. The third-order valence-electron chi connectivity index (χ3n) is 15.7. The Bertz CT molecular complexity index is 3960. The number of methoxy groups -OCH3 is 1.